The lowest BCUT2D eigenvalue weighted by atomic mass is 9.96. The third-order valence-electron chi connectivity index (χ3n) is 5.47. The van der Waals surface area contributed by atoms with Crippen LogP contribution >= 0.6 is 11.6 Å². The van der Waals surface area contributed by atoms with Crippen molar-refractivity contribution in [2.24, 2.45) is 5.92 Å². The van der Waals surface area contributed by atoms with Crippen LogP contribution in [0.3, 0.4) is 0 Å². The minimum atomic E-state index is -3.55. The van der Waals surface area contributed by atoms with E-state index in [0.717, 1.165) is 35.2 Å². The number of aromatic nitrogens is 1. The lowest BCUT2D eigenvalue weighted by Gasteiger charge is -2.15. The first kappa shape index (κ1) is 22.8. The second-order valence-electron chi connectivity index (χ2n) is 7.69. The molecule has 1 heterocycles. The number of rotatable bonds is 8. The molecule has 3 rings (SSSR count). The third kappa shape index (κ3) is 5.23. The summed E-state index contributed by atoms with van der Waals surface area (Å²) in [6, 6.07) is 8.96. The Hall–Kier alpha value is -1.89. The first-order valence-corrected chi connectivity index (χ1v) is 12.3. The van der Waals surface area contributed by atoms with E-state index in [1.54, 1.807) is 25.3 Å². The second kappa shape index (κ2) is 9.94. The minimum Gasteiger partial charge on any atom is -0.481 e. The van der Waals surface area contributed by atoms with Crippen LogP contribution in [-0.2, 0) is 9.84 Å². The maximum absolute atomic E-state index is 12.5. The van der Waals surface area contributed by atoms with Crippen molar-refractivity contribution in [3.63, 3.8) is 0 Å². The molecule has 162 valence electrons. The molecule has 0 aliphatic heterocycles. The average molecular weight is 450 g/mol. The van der Waals surface area contributed by atoms with Gasteiger partial charge in [-0.2, -0.15) is 0 Å². The van der Waals surface area contributed by atoms with E-state index in [1.165, 1.54) is 12.8 Å². The van der Waals surface area contributed by atoms with Gasteiger partial charge in [-0.05, 0) is 55.9 Å². The smallest absolute Gasteiger partial charge is 0.216 e. The number of aryl methyl sites for hydroxylation is 1. The molecule has 0 unspecified atom stereocenters. The summed E-state index contributed by atoms with van der Waals surface area (Å²) in [6.07, 6.45) is 7.10. The predicted molar refractivity (Wildman–Crippen MR) is 120 cm³/mol. The number of hydrogen-bond acceptors (Lipinski definition) is 5. The van der Waals surface area contributed by atoms with Crippen molar-refractivity contribution in [1.82, 2.24) is 4.98 Å². The SMILES string of the molecule is COc1nc(/C(=C/C2CCCC2)c2ccc(S(=O)(=O)CCCO)c(Cl)c2)ccc1C. The fourth-order valence-corrected chi connectivity index (χ4v) is 5.73. The molecular formula is C23H28ClNO4S. The number of halogens is 1. The number of pyridine rings is 1. The second-order valence-corrected chi connectivity index (χ2v) is 10.2. The molecule has 1 aliphatic rings. The van der Waals surface area contributed by atoms with Gasteiger partial charge in [-0.1, -0.05) is 42.7 Å². The molecule has 1 fully saturated rings. The zero-order chi connectivity index (χ0) is 21.7. The summed E-state index contributed by atoms with van der Waals surface area (Å²) in [5.74, 6) is 0.893. The van der Waals surface area contributed by atoms with Crippen LogP contribution in [0, 0.1) is 12.8 Å². The van der Waals surface area contributed by atoms with Gasteiger partial charge in [0.25, 0.3) is 0 Å². The normalized spacial score (nSPS) is 15.5. The monoisotopic (exact) mass is 449 g/mol. The molecule has 1 saturated carbocycles. The van der Waals surface area contributed by atoms with Crippen LogP contribution < -0.4 is 4.74 Å². The van der Waals surface area contributed by atoms with Gasteiger partial charge in [0.05, 0.1) is 28.5 Å². The largest absolute Gasteiger partial charge is 0.481 e. The van der Waals surface area contributed by atoms with Gasteiger partial charge in [0, 0.05) is 17.7 Å². The highest BCUT2D eigenvalue weighted by Crippen LogP contribution is 2.35. The molecule has 1 aliphatic carbocycles. The van der Waals surface area contributed by atoms with Gasteiger partial charge >= 0.3 is 0 Å². The van der Waals surface area contributed by atoms with Crippen LogP contribution in [0.15, 0.2) is 41.3 Å². The summed E-state index contributed by atoms with van der Waals surface area (Å²) in [6.45, 7) is 1.77. The van der Waals surface area contributed by atoms with Crippen LogP contribution in [-0.4, -0.2) is 38.0 Å². The van der Waals surface area contributed by atoms with Crippen molar-refractivity contribution in [2.75, 3.05) is 19.5 Å². The van der Waals surface area contributed by atoms with Crippen molar-refractivity contribution in [1.29, 1.82) is 0 Å². The highest BCUT2D eigenvalue weighted by Gasteiger charge is 2.21. The Kier molecular flexibility index (Phi) is 7.55. The molecule has 1 aromatic carbocycles. The summed E-state index contributed by atoms with van der Waals surface area (Å²) in [7, 11) is -1.95. The summed E-state index contributed by atoms with van der Waals surface area (Å²) >= 11 is 6.41. The molecule has 1 aromatic heterocycles. The topological polar surface area (TPSA) is 76.5 Å². The number of aliphatic hydroxyl groups is 1. The fraction of sp³-hybridized carbons (Fsp3) is 0.435. The molecule has 30 heavy (non-hydrogen) atoms. The van der Waals surface area contributed by atoms with E-state index in [-0.39, 0.29) is 28.7 Å². The Bertz CT molecular complexity index is 1030. The number of sulfone groups is 1. The Morgan fingerprint density at radius 3 is 2.63 bits per heavy atom. The molecule has 0 atom stereocenters. The van der Waals surface area contributed by atoms with Gasteiger partial charge in [-0.25, -0.2) is 13.4 Å². The van der Waals surface area contributed by atoms with Crippen molar-refractivity contribution in [3.8, 4) is 5.88 Å². The maximum Gasteiger partial charge on any atom is 0.216 e. The number of aliphatic hydroxyl groups excluding tert-OH is 1. The number of benzene rings is 1. The summed E-state index contributed by atoms with van der Waals surface area (Å²) in [5.41, 5.74) is 3.48. The molecule has 0 spiro atoms. The first-order valence-electron chi connectivity index (χ1n) is 10.2. The van der Waals surface area contributed by atoms with Gasteiger partial charge in [0.15, 0.2) is 9.84 Å². The van der Waals surface area contributed by atoms with Crippen LogP contribution in [0.2, 0.25) is 5.02 Å². The molecule has 0 bridgehead atoms. The Balaban J connectivity index is 2.05. The number of methoxy groups -OCH3 is 1. The molecular weight excluding hydrogens is 422 g/mol. The van der Waals surface area contributed by atoms with Gasteiger partial charge in [-0.15, -0.1) is 0 Å². The van der Waals surface area contributed by atoms with E-state index in [1.807, 2.05) is 19.1 Å². The third-order valence-corrected chi connectivity index (χ3v) is 7.75. The average Bonchev–Trinajstić information content (AvgIpc) is 3.24. The van der Waals surface area contributed by atoms with Crippen molar-refractivity contribution in [3.05, 3.63) is 58.3 Å². The lowest BCUT2D eigenvalue weighted by Crippen LogP contribution is -2.09. The molecule has 2 aromatic rings. The van der Waals surface area contributed by atoms with Gasteiger partial charge < -0.3 is 9.84 Å². The zero-order valence-corrected chi connectivity index (χ0v) is 19.0. The fourth-order valence-electron chi connectivity index (χ4n) is 3.84. The minimum absolute atomic E-state index is 0.0935. The van der Waals surface area contributed by atoms with E-state index in [9.17, 15) is 8.42 Å². The number of hydrogen-bond donors (Lipinski definition) is 1. The molecule has 0 amide bonds. The molecule has 0 radical (unpaired) electrons. The van der Waals surface area contributed by atoms with Gasteiger partial charge in [0.1, 0.15) is 0 Å². The Labute approximate surface area is 183 Å². The first-order chi connectivity index (χ1) is 14.4. The van der Waals surface area contributed by atoms with Crippen LogP contribution in [0.5, 0.6) is 5.88 Å². The number of ether oxygens (including phenoxy) is 1. The van der Waals surface area contributed by atoms with Crippen molar-refractivity contribution in [2.45, 2.75) is 43.9 Å². The lowest BCUT2D eigenvalue weighted by molar-refractivity contribution is 0.295. The van der Waals surface area contributed by atoms with E-state index >= 15 is 0 Å². The molecule has 0 saturated heterocycles. The molecule has 1 N–H and O–H groups in total. The number of nitrogens with zero attached hydrogens (tertiary/aromatic N) is 1. The highest BCUT2D eigenvalue weighted by molar-refractivity contribution is 7.91. The van der Waals surface area contributed by atoms with Crippen molar-refractivity contribution >= 4 is 27.0 Å². The quantitative estimate of drug-likeness (QED) is 0.624. The van der Waals surface area contributed by atoms with E-state index in [4.69, 9.17) is 21.4 Å². The summed E-state index contributed by atoms with van der Waals surface area (Å²) < 4.78 is 30.4. The summed E-state index contributed by atoms with van der Waals surface area (Å²) in [4.78, 5) is 4.76. The van der Waals surface area contributed by atoms with E-state index in [2.05, 4.69) is 11.1 Å². The van der Waals surface area contributed by atoms with Gasteiger partial charge in [-0.3, -0.25) is 0 Å². The zero-order valence-electron chi connectivity index (χ0n) is 17.4. The molecule has 5 nitrogen and oxygen atoms in total. The summed E-state index contributed by atoms with van der Waals surface area (Å²) in [5, 5.41) is 9.15. The van der Waals surface area contributed by atoms with E-state index < -0.39 is 9.84 Å². The van der Waals surface area contributed by atoms with E-state index in [0.29, 0.717) is 11.8 Å². The predicted octanol–water partition coefficient (Wildman–Crippen LogP) is 4.83. The van der Waals surface area contributed by atoms with Gasteiger partial charge in [0.2, 0.25) is 5.88 Å². The van der Waals surface area contributed by atoms with Crippen molar-refractivity contribution < 1.29 is 18.3 Å². The number of allylic oxidation sites excluding steroid dienone is 1. The standard InChI is InChI=1S/C23H28ClNO4S/c1-16-8-10-21(25-23(16)29-2)19(14-17-6-3-4-7-17)18-9-11-22(20(24)15-18)30(27,28)13-5-12-26/h8-11,14-15,17,26H,3-7,12-13H2,1-2H3/b19-14+. The van der Waals surface area contributed by atoms with Crippen LogP contribution in [0.25, 0.3) is 5.57 Å². The van der Waals surface area contributed by atoms with Crippen LogP contribution in [0.4, 0.5) is 0 Å². The Morgan fingerprint density at radius 2 is 2.00 bits per heavy atom. The molecule has 7 heteroatoms. The van der Waals surface area contributed by atoms with Crippen LogP contribution in [0.1, 0.15) is 48.9 Å². The highest BCUT2D eigenvalue weighted by atomic mass is 35.5. The maximum atomic E-state index is 12.5. The Morgan fingerprint density at radius 1 is 1.27 bits per heavy atom.